The average molecular weight is 396 g/mol. The number of halogens is 1. The molecule has 4 rings (SSSR count). The lowest BCUT2D eigenvalue weighted by Gasteiger charge is -2.38. The third kappa shape index (κ3) is 3.86. The number of pyridine rings is 1. The maximum atomic E-state index is 12.1. The number of H-pyrrole nitrogens is 1. The molecule has 2 heterocycles. The molecule has 4 nitrogen and oxygen atoms in total. The van der Waals surface area contributed by atoms with Crippen molar-refractivity contribution in [3.05, 3.63) is 80.6 Å². The minimum atomic E-state index is 0.00760. The van der Waals surface area contributed by atoms with Gasteiger partial charge in [-0.25, -0.2) is 0 Å². The quantitative estimate of drug-likeness (QED) is 0.723. The molecule has 3 aromatic rings. The number of nitrogens with one attached hydrogen (secondary N) is 1. The van der Waals surface area contributed by atoms with Gasteiger partial charge in [0.25, 0.3) is 5.56 Å². The summed E-state index contributed by atoms with van der Waals surface area (Å²) >= 11 is 6.32. The zero-order valence-corrected chi connectivity index (χ0v) is 17.2. The number of piperazine rings is 1. The van der Waals surface area contributed by atoms with Gasteiger partial charge in [-0.05, 0) is 60.3 Å². The summed E-state index contributed by atoms with van der Waals surface area (Å²) in [5.41, 5.74) is 4.15. The predicted molar refractivity (Wildman–Crippen MR) is 116 cm³/mol. The summed E-state index contributed by atoms with van der Waals surface area (Å²) in [5.74, 6) is 0. The Balaban J connectivity index is 1.81. The first-order chi connectivity index (χ1) is 13.5. The van der Waals surface area contributed by atoms with Gasteiger partial charge in [-0.3, -0.25) is 9.69 Å². The largest absolute Gasteiger partial charge is 0.322 e. The molecule has 1 N–H and O–H groups in total. The Labute approximate surface area is 170 Å². The van der Waals surface area contributed by atoms with Crippen LogP contribution in [-0.4, -0.2) is 48.0 Å². The van der Waals surface area contributed by atoms with Crippen molar-refractivity contribution in [2.24, 2.45) is 0 Å². The highest BCUT2D eigenvalue weighted by Crippen LogP contribution is 2.32. The van der Waals surface area contributed by atoms with Crippen molar-refractivity contribution in [2.45, 2.75) is 19.4 Å². The number of nitrogens with zero attached hydrogens (tertiary/aromatic N) is 2. The molecule has 0 saturated carbocycles. The molecule has 0 radical (unpaired) electrons. The van der Waals surface area contributed by atoms with Crippen molar-refractivity contribution in [2.75, 3.05) is 33.2 Å². The second-order valence-electron chi connectivity index (χ2n) is 7.62. The van der Waals surface area contributed by atoms with Crippen molar-refractivity contribution in [1.82, 2.24) is 14.8 Å². The van der Waals surface area contributed by atoms with Crippen molar-refractivity contribution in [3.63, 3.8) is 0 Å². The molecule has 1 saturated heterocycles. The number of benzene rings is 2. The number of hydrogen-bond donors (Lipinski definition) is 1. The van der Waals surface area contributed by atoms with E-state index in [2.05, 4.69) is 46.1 Å². The molecular formula is C23H26ClN3O. The zero-order valence-electron chi connectivity index (χ0n) is 16.4. The molecule has 28 heavy (non-hydrogen) atoms. The van der Waals surface area contributed by atoms with Crippen LogP contribution >= 0.6 is 11.6 Å². The van der Waals surface area contributed by atoms with E-state index < -0.39 is 0 Å². The van der Waals surface area contributed by atoms with E-state index in [1.54, 1.807) is 0 Å². The molecule has 2 aromatic carbocycles. The van der Waals surface area contributed by atoms with Gasteiger partial charge in [-0.15, -0.1) is 0 Å². The second kappa shape index (κ2) is 8.08. The first kappa shape index (κ1) is 19.2. The van der Waals surface area contributed by atoms with Crippen LogP contribution in [0.2, 0.25) is 5.02 Å². The third-order valence-corrected chi connectivity index (χ3v) is 5.94. The molecule has 1 fully saturated rings. The molecule has 0 bridgehead atoms. The van der Waals surface area contributed by atoms with Crippen molar-refractivity contribution in [3.8, 4) is 0 Å². The minimum absolute atomic E-state index is 0.00760. The zero-order chi connectivity index (χ0) is 19.7. The van der Waals surface area contributed by atoms with E-state index in [-0.39, 0.29) is 11.6 Å². The minimum Gasteiger partial charge on any atom is -0.322 e. The molecule has 0 amide bonds. The van der Waals surface area contributed by atoms with Gasteiger partial charge in [-0.2, -0.15) is 0 Å². The van der Waals surface area contributed by atoms with Gasteiger partial charge < -0.3 is 9.88 Å². The van der Waals surface area contributed by atoms with Crippen LogP contribution in [0, 0.1) is 0 Å². The van der Waals surface area contributed by atoms with Crippen LogP contribution in [0.25, 0.3) is 10.9 Å². The van der Waals surface area contributed by atoms with E-state index in [4.69, 9.17) is 11.6 Å². The highest BCUT2D eigenvalue weighted by atomic mass is 35.5. The SMILES string of the molecule is CCc1cc2cc(C(c3cccc(Cl)c3)N3CCN(C)CC3)ccc2[nH]c1=O. The van der Waals surface area contributed by atoms with Crippen LogP contribution in [0.1, 0.15) is 29.7 Å². The van der Waals surface area contributed by atoms with Gasteiger partial charge in [0.2, 0.25) is 0 Å². The molecule has 5 heteroatoms. The van der Waals surface area contributed by atoms with E-state index in [1.165, 1.54) is 11.1 Å². The molecule has 0 aliphatic carbocycles. The molecule has 146 valence electrons. The maximum Gasteiger partial charge on any atom is 0.251 e. The number of fused-ring (bicyclic) bond motifs is 1. The van der Waals surface area contributed by atoms with Crippen molar-refractivity contribution in [1.29, 1.82) is 0 Å². The fraction of sp³-hybridized carbons (Fsp3) is 0.348. The summed E-state index contributed by atoms with van der Waals surface area (Å²) in [5, 5.41) is 1.84. The standard InChI is InChI=1S/C23H26ClN3O/c1-3-16-13-19-14-18(7-8-21(19)25-23(16)28)22(17-5-4-6-20(24)15-17)27-11-9-26(2)10-12-27/h4-8,13-15,22H,3,9-12H2,1-2H3,(H,25,28). The summed E-state index contributed by atoms with van der Waals surface area (Å²) in [6, 6.07) is 16.7. The van der Waals surface area contributed by atoms with E-state index >= 15 is 0 Å². The molecule has 1 aromatic heterocycles. The first-order valence-corrected chi connectivity index (χ1v) is 10.3. The third-order valence-electron chi connectivity index (χ3n) is 5.71. The lowest BCUT2D eigenvalue weighted by atomic mass is 9.94. The number of rotatable bonds is 4. The average Bonchev–Trinajstić information content (AvgIpc) is 2.69. The fourth-order valence-corrected chi connectivity index (χ4v) is 4.27. The smallest absolute Gasteiger partial charge is 0.251 e. The Morgan fingerprint density at radius 3 is 2.50 bits per heavy atom. The van der Waals surface area contributed by atoms with E-state index in [0.29, 0.717) is 0 Å². The van der Waals surface area contributed by atoms with E-state index in [0.717, 1.165) is 54.1 Å². The predicted octanol–water partition coefficient (Wildman–Crippen LogP) is 4.08. The highest BCUT2D eigenvalue weighted by Gasteiger charge is 2.26. The lowest BCUT2D eigenvalue weighted by molar-refractivity contribution is 0.127. The summed E-state index contributed by atoms with van der Waals surface area (Å²) in [6.45, 7) is 6.14. The molecule has 1 aliphatic rings. The van der Waals surface area contributed by atoms with Gasteiger partial charge in [-0.1, -0.05) is 36.7 Å². The number of aromatic nitrogens is 1. The summed E-state index contributed by atoms with van der Waals surface area (Å²) in [7, 11) is 2.17. The summed E-state index contributed by atoms with van der Waals surface area (Å²) in [6.07, 6.45) is 0.728. The molecule has 1 unspecified atom stereocenters. The normalized spacial score (nSPS) is 17.1. The molecule has 1 atom stereocenters. The monoisotopic (exact) mass is 395 g/mol. The molecule has 1 aliphatic heterocycles. The van der Waals surface area contributed by atoms with Crippen LogP contribution in [0.5, 0.6) is 0 Å². The molecule has 0 spiro atoms. The maximum absolute atomic E-state index is 12.1. The van der Waals surface area contributed by atoms with Crippen LogP contribution in [0.4, 0.5) is 0 Å². The van der Waals surface area contributed by atoms with Gasteiger partial charge in [0.1, 0.15) is 0 Å². The van der Waals surface area contributed by atoms with Gasteiger partial charge in [0, 0.05) is 42.3 Å². The Bertz CT molecular complexity index is 1040. The fourth-order valence-electron chi connectivity index (χ4n) is 4.07. The molecular weight excluding hydrogens is 370 g/mol. The Morgan fingerprint density at radius 1 is 1.04 bits per heavy atom. The second-order valence-corrected chi connectivity index (χ2v) is 8.06. The number of likely N-dealkylation sites (N-methyl/N-ethyl adjacent to an activating group) is 1. The van der Waals surface area contributed by atoms with Gasteiger partial charge in [0.15, 0.2) is 0 Å². The Hall–Kier alpha value is -2.14. The summed E-state index contributed by atoms with van der Waals surface area (Å²) < 4.78 is 0. The Kier molecular flexibility index (Phi) is 5.54. The van der Waals surface area contributed by atoms with E-state index in [9.17, 15) is 4.79 Å². The number of hydrogen-bond acceptors (Lipinski definition) is 3. The van der Waals surface area contributed by atoms with Crippen LogP contribution < -0.4 is 5.56 Å². The van der Waals surface area contributed by atoms with Crippen LogP contribution in [0.15, 0.2) is 53.3 Å². The lowest BCUT2D eigenvalue weighted by Crippen LogP contribution is -2.46. The van der Waals surface area contributed by atoms with Crippen molar-refractivity contribution < 1.29 is 0 Å². The van der Waals surface area contributed by atoms with Crippen LogP contribution in [0.3, 0.4) is 0 Å². The number of aromatic amines is 1. The highest BCUT2D eigenvalue weighted by molar-refractivity contribution is 6.30. The van der Waals surface area contributed by atoms with Crippen LogP contribution in [-0.2, 0) is 6.42 Å². The Morgan fingerprint density at radius 2 is 1.79 bits per heavy atom. The summed E-state index contributed by atoms with van der Waals surface area (Å²) in [4.78, 5) is 20.0. The number of aryl methyl sites for hydroxylation is 1. The first-order valence-electron chi connectivity index (χ1n) is 9.89. The topological polar surface area (TPSA) is 39.3 Å². The van der Waals surface area contributed by atoms with Crippen molar-refractivity contribution >= 4 is 22.5 Å². The van der Waals surface area contributed by atoms with Gasteiger partial charge >= 0.3 is 0 Å². The van der Waals surface area contributed by atoms with E-state index in [1.807, 2.05) is 31.2 Å². The van der Waals surface area contributed by atoms with Gasteiger partial charge in [0.05, 0.1) is 6.04 Å².